The molecule has 3 N–H and O–H groups in total. The third kappa shape index (κ3) is 2.17. The average molecular weight is 310 g/mol. The van der Waals surface area contributed by atoms with Crippen molar-refractivity contribution in [3.63, 3.8) is 0 Å². The molecule has 2 fully saturated rings. The highest BCUT2D eigenvalue weighted by Crippen LogP contribution is 2.46. The molecule has 1 aromatic carbocycles. The Labute approximate surface area is 125 Å². The molecule has 1 aliphatic carbocycles. The van der Waals surface area contributed by atoms with Gasteiger partial charge in [0.2, 0.25) is 10.0 Å². The molecule has 5 nitrogen and oxygen atoms in total. The van der Waals surface area contributed by atoms with Gasteiger partial charge in [0.05, 0.1) is 10.5 Å². The van der Waals surface area contributed by atoms with Gasteiger partial charge in [0, 0.05) is 18.8 Å². The molecule has 0 spiro atoms. The Hall–Kier alpha value is -1.11. The first-order valence-electron chi connectivity index (χ1n) is 7.25. The fourth-order valence-electron chi connectivity index (χ4n) is 3.17. The molecule has 0 atom stereocenters. The Morgan fingerprint density at radius 3 is 2.33 bits per heavy atom. The van der Waals surface area contributed by atoms with Gasteiger partial charge in [-0.05, 0) is 62.3 Å². The van der Waals surface area contributed by atoms with Crippen molar-refractivity contribution in [1.82, 2.24) is 4.31 Å². The second kappa shape index (κ2) is 4.44. The molecular weight excluding hydrogens is 288 g/mol. The fourth-order valence-corrected chi connectivity index (χ4v) is 5.27. The van der Waals surface area contributed by atoms with E-state index >= 15 is 0 Å². The van der Waals surface area contributed by atoms with Gasteiger partial charge in [-0.1, -0.05) is 0 Å². The van der Waals surface area contributed by atoms with Gasteiger partial charge in [-0.25, -0.2) is 8.42 Å². The third-order valence-electron chi connectivity index (χ3n) is 4.91. The van der Waals surface area contributed by atoms with Crippen molar-refractivity contribution >= 4 is 15.7 Å². The molecule has 0 radical (unpaired) electrons. The number of hydrogen-bond acceptors (Lipinski definition) is 4. The van der Waals surface area contributed by atoms with E-state index in [0.29, 0.717) is 16.1 Å². The number of nitrogens with zero attached hydrogens (tertiary/aromatic N) is 1. The van der Waals surface area contributed by atoms with Crippen LogP contribution in [0.3, 0.4) is 0 Å². The number of aliphatic hydroxyl groups is 1. The zero-order chi connectivity index (χ0) is 15.6. The highest BCUT2D eigenvalue weighted by molar-refractivity contribution is 7.89. The van der Waals surface area contributed by atoms with E-state index < -0.39 is 15.6 Å². The smallest absolute Gasteiger partial charge is 0.243 e. The first kappa shape index (κ1) is 14.8. The molecule has 1 saturated carbocycles. The molecule has 21 heavy (non-hydrogen) atoms. The first-order valence-corrected chi connectivity index (χ1v) is 8.69. The highest BCUT2D eigenvalue weighted by atomic mass is 32.2. The zero-order valence-corrected chi connectivity index (χ0v) is 13.5. The number of anilines is 1. The third-order valence-corrected chi connectivity index (χ3v) is 6.98. The van der Waals surface area contributed by atoms with Crippen molar-refractivity contribution in [2.75, 3.05) is 18.8 Å². The second-order valence-electron chi connectivity index (χ2n) is 6.51. The van der Waals surface area contributed by atoms with E-state index in [4.69, 9.17) is 5.73 Å². The maximum Gasteiger partial charge on any atom is 0.243 e. The number of nitrogen functional groups attached to an aromatic ring is 1. The van der Waals surface area contributed by atoms with Crippen LogP contribution in [0.4, 0.5) is 5.69 Å². The van der Waals surface area contributed by atoms with Crippen LogP contribution in [0.5, 0.6) is 0 Å². The fraction of sp³-hybridized carbons (Fsp3) is 0.600. The molecular formula is C15H22N2O3S. The Kier molecular flexibility index (Phi) is 3.13. The van der Waals surface area contributed by atoms with E-state index in [1.807, 2.05) is 13.8 Å². The predicted octanol–water partition coefficient (Wildman–Crippen LogP) is 1.34. The van der Waals surface area contributed by atoms with Gasteiger partial charge in [0.15, 0.2) is 0 Å². The van der Waals surface area contributed by atoms with Gasteiger partial charge in [0.25, 0.3) is 0 Å². The second-order valence-corrected chi connectivity index (χ2v) is 8.39. The minimum Gasteiger partial charge on any atom is -0.398 e. The molecule has 116 valence electrons. The zero-order valence-electron chi connectivity index (χ0n) is 12.7. The van der Waals surface area contributed by atoms with Crippen LogP contribution in [-0.2, 0) is 10.0 Å². The van der Waals surface area contributed by atoms with Crippen molar-refractivity contribution in [3.05, 3.63) is 22.8 Å². The quantitative estimate of drug-likeness (QED) is 0.825. The van der Waals surface area contributed by atoms with Crippen molar-refractivity contribution < 1.29 is 13.5 Å². The molecule has 0 bridgehead atoms. The van der Waals surface area contributed by atoms with Gasteiger partial charge in [0.1, 0.15) is 0 Å². The van der Waals surface area contributed by atoms with E-state index in [0.717, 1.165) is 24.0 Å². The molecule has 6 heteroatoms. The molecule has 1 aromatic rings. The number of nitrogens with two attached hydrogens (primary N) is 1. The van der Waals surface area contributed by atoms with E-state index in [9.17, 15) is 13.5 Å². The Morgan fingerprint density at radius 2 is 1.81 bits per heavy atom. The van der Waals surface area contributed by atoms with Gasteiger partial charge < -0.3 is 10.8 Å². The summed E-state index contributed by atoms with van der Waals surface area (Å²) < 4.78 is 27.1. The van der Waals surface area contributed by atoms with Gasteiger partial charge >= 0.3 is 0 Å². The number of hydrogen-bond donors (Lipinski definition) is 2. The number of β-amino-alcohol motifs (C(OH)–C–C–N with tert-alkyl or cyclic N) is 1. The lowest BCUT2D eigenvalue weighted by Gasteiger charge is -2.46. The van der Waals surface area contributed by atoms with Crippen LogP contribution in [0.25, 0.3) is 0 Å². The Balaban J connectivity index is 1.97. The summed E-state index contributed by atoms with van der Waals surface area (Å²) in [6.45, 7) is 5.81. The number of sulfonamides is 1. The monoisotopic (exact) mass is 310 g/mol. The molecule has 0 aromatic heterocycles. The summed E-state index contributed by atoms with van der Waals surface area (Å²) in [4.78, 5) is 0.304. The molecule has 0 amide bonds. The van der Waals surface area contributed by atoms with E-state index in [-0.39, 0.29) is 19.0 Å². The minimum absolute atomic E-state index is 0.201. The highest BCUT2D eigenvalue weighted by Gasteiger charge is 2.55. The Bertz CT molecular complexity index is 676. The lowest BCUT2D eigenvalue weighted by atomic mass is 9.91. The summed E-state index contributed by atoms with van der Waals surface area (Å²) in [5, 5.41) is 10.3. The summed E-state index contributed by atoms with van der Waals surface area (Å²) >= 11 is 0. The Morgan fingerprint density at radius 1 is 1.24 bits per heavy atom. The summed E-state index contributed by atoms with van der Waals surface area (Å²) in [7, 11) is -3.59. The summed E-state index contributed by atoms with van der Waals surface area (Å²) in [5.41, 5.74) is 7.81. The molecule has 1 heterocycles. The minimum atomic E-state index is -3.59. The molecule has 1 saturated heterocycles. The predicted molar refractivity (Wildman–Crippen MR) is 81.5 cm³/mol. The maximum atomic E-state index is 12.9. The number of aryl methyl sites for hydroxylation is 1. The molecule has 3 rings (SSSR count). The summed E-state index contributed by atoms with van der Waals surface area (Å²) in [6, 6.07) is 1.81. The summed E-state index contributed by atoms with van der Waals surface area (Å²) in [6.07, 6.45) is 2.00. The van der Waals surface area contributed by atoms with Gasteiger partial charge in [-0.3, -0.25) is 0 Å². The lowest BCUT2D eigenvalue weighted by molar-refractivity contribution is -0.0765. The van der Waals surface area contributed by atoms with E-state index in [1.54, 1.807) is 13.0 Å². The lowest BCUT2D eigenvalue weighted by Crippen LogP contribution is -2.64. The largest absolute Gasteiger partial charge is 0.398 e. The standard InChI is InChI=1S/C15H22N2O3S/c1-9-6-13(16)11(3)14(10(9)2)21(19,20)17-7-15(18,8-17)12-4-5-12/h6,12,18H,4-5,7-8,16H2,1-3H3. The topological polar surface area (TPSA) is 83.6 Å². The first-order chi connectivity index (χ1) is 9.67. The maximum absolute atomic E-state index is 12.9. The van der Waals surface area contributed by atoms with Crippen LogP contribution in [0.1, 0.15) is 29.5 Å². The SMILES string of the molecule is Cc1cc(N)c(C)c(S(=O)(=O)N2CC(O)(C3CC3)C2)c1C. The number of rotatable bonds is 3. The van der Waals surface area contributed by atoms with Crippen LogP contribution in [0, 0.1) is 26.7 Å². The molecule has 2 aliphatic rings. The number of benzene rings is 1. The molecule has 0 unspecified atom stereocenters. The van der Waals surface area contributed by atoms with Crippen molar-refractivity contribution in [3.8, 4) is 0 Å². The van der Waals surface area contributed by atoms with Crippen LogP contribution >= 0.6 is 0 Å². The summed E-state index contributed by atoms with van der Waals surface area (Å²) in [5.74, 6) is 0.272. The van der Waals surface area contributed by atoms with Crippen molar-refractivity contribution in [1.29, 1.82) is 0 Å². The van der Waals surface area contributed by atoms with Crippen molar-refractivity contribution in [2.45, 2.75) is 44.1 Å². The normalized spacial score (nSPS) is 22.1. The molecule has 1 aliphatic heterocycles. The van der Waals surface area contributed by atoms with Gasteiger partial charge in [-0.2, -0.15) is 4.31 Å². The van der Waals surface area contributed by atoms with Crippen LogP contribution < -0.4 is 5.73 Å². The van der Waals surface area contributed by atoms with E-state index in [1.165, 1.54) is 4.31 Å². The van der Waals surface area contributed by atoms with Crippen LogP contribution in [0.15, 0.2) is 11.0 Å². The average Bonchev–Trinajstić information content (AvgIpc) is 3.17. The van der Waals surface area contributed by atoms with E-state index in [2.05, 4.69) is 0 Å². The van der Waals surface area contributed by atoms with Crippen LogP contribution in [0.2, 0.25) is 0 Å². The van der Waals surface area contributed by atoms with Crippen molar-refractivity contribution in [2.24, 2.45) is 5.92 Å². The van der Waals surface area contributed by atoms with Gasteiger partial charge in [-0.15, -0.1) is 0 Å². The van der Waals surface area contributed by atoms with Crippen LogP contribution in [-0.4, -0.2) is 36.5 Å².